The summed E-state index contributed by atoms with van der Waals surface area (Å²) in [5, 5.41) is 2.25. The molecule has 1 aromatic heterocycles. The molecule has 4 nitrogen and oxygen atoms in total. The molecule has 1 fully saturated rings. The van der Waals surface area contributed by atoms with Gasteiger partial charge >= 0.3 is 0 Å². The van der Waals surface area contributed by atoms with Crippen molar-refractivity contribution in [3.8, 4) is 11.5 Å². The summed E-state index contributed by atoms with van der Waals surface area (Å²) in [6, 6.07) is 6.07. The first kappa shape index (κ1) is 12.1. The number of nitrogens with zero attached hydrogens (tertiary/aromatic N) is 2. The van der Waals surface area contributed by atoms with E-state index in [1.807, 2.05) is 24.4 Å². The highest BCUT2D eigenvalue weighted by molar-refractivity contribution is 6.18. The Bertz CT molecular complexity index is 662. The smallest absolute Gasteiger partial charge is 0.231 e. The van der Waals surface area contributed by atoms with Crippen molar-refractivity contribution in [3.63, 3.8) is 0 Å². The molecule has 2 aliphatic rings. The molecule has 0 N–H and O–H groups in total. The largest absolute Gasteiger partial charge is 0.454 e. The molecule has 0 bridgehead atoms. The van der Waals surface area contributed by atoms with Crippen LogP contribution in [-0.4, -0.2) is 30.7 Å². The third-order valence-electron chi connectivity index (χ3n) is 4.04. The normalized spacial score (nSPS) is 20.9. The van der Waals surface area contributed by atoms with Crippen molar-refractivity contribution in [3.05, 3.63) is 24.4 Å². The van der Waals surface area contributed by atoms with E-state index in [0.717, 1.165) is 47.6 Å². The maximum Gasteiger partial charge on any atom is 0.231 e. The van der Waals surface area contributed by atoms with E-state index in [2.05, 4.69) is 9.88 Å². The minimum absolute atomic E-state index is 0.298. The van der Waals surface area contributed by atoms with E-state index in [4.69, 9.17) is 21.1 Å². The Morgan fingerprint density at radius 2 is 2.15 bits per heavy atom. The number of ether oxygens (including phenoxy) is 2. The van der Waals surface area contributed by atoms with E-state index in [9.17, 15) is 0 Å². The average molecular weight is 291 g/mol. The minimum Gasteiger partial charge on any atom is -0.454 e. The van der Waals surface area contributed by atoms with Crippen LogP contribution < -0.4 is 14.4 Å². The maximum atomic E-state index is 5.97. The summed E-state index contributed by atoms with van der Waals surface area (Å²) in [6.45, 7) is 2.29. The molecule has 2 aliphatic heterocycles. The van der Waals surface area contributed by atoms with Crippen molar-refractivity contribution in [2.45, 2.75) is 6.42 Å². The van der Waals surface area contributed by atoms with Gasteiger partial charge in [0.25, 0.3) is 0 Å². The second-order valence-electron chi connectivity index (χ2n) is 5.32. The highest BCUT2D eigenvalue weighted by atomic mass is 35.5. The van der Waals surface area contributed by atoms with Gasteiger partial charge in [0, 0.05) is 30.6 Å². The summed E-state index contributed by atoms with van der Waals surface area (Å²) in [5.41, 5.74) is 0. The first-order chi connectivity index (χ1) is 9.85. The molecule has 4 rings (SSSR count). The molecule has 0 amide bonds. The highest BCUT2D eigenvalue weighted by Crippen LogP contribution is 2.39. The third-order valence-corrected chi connectivity index (χ3v) is 4.48. The van der Waals surface area contributed by atoms with E-state index >= 15 is 0 Å². The zero-order chi connectivity index (χ0) is 13.5. The number of alkyl halides is 1. The summed E-state index contributed by atoms with van der Waals surface area (Å²) in [5.74, 6) is 3.92. The number of aromatic nitrogens is 1. The van der Waals surface area contributed by atoms with Gasteiger partial charge in [0.2, 0.25) is 6.79 Å². The fourth-order valence-corrected chi connectivity index (χ4v) is 3.20. The second-order valence-corrected chi connectivity index (χ2v) is 5.62. The van der Waals surface area contributed by atoms with Crippen LogP contribution in [0.4, 0.5) is 5.82 Å². The number of benzene rings is 1. The van der Waals surface area contributed by atoms with E-state index in [1.165, 1.54) is 0 Å². The molecule has 1 unspecified atom stereocenters. The van der Waals surface area contributed by atoms with Crippen LogP contribution in [-0.2, 0) is 0 Å². The molecule has 2 aromatic rings. The Balaban J connectivity index is 1.80. The lowest BCUT2D eigenvalue weighted by molar-refractivity contribution is 0.174. The predicted molar refractivity (Wildman–Crippen MR) is 78.9 cm³/mol. The van der Waals surface area contributed by atoms with E-state index < -0.39 is 0 Å². The molecular formula is C15H15ClN2O2. The molecule has 5 heteroatoms. The van der Waals surface area contributed by atoms with E-state index in [-0.39, 0.29) is 0 Å². The Kier molecular flexibility index (Phi) is 2.84. The Morgan fingerprint density at radius 1 is 1.30 bits per heavy atom. The van der Waals surface area contributed by atoms with Gasteiger partial charge in [-0.3, -0.25) is 0 Å². The second kappa shape index (κ2) is 4.70. The molecular weight excluding hydrogens is 276 g/mol. The van der Waals surface area contributed by atoms with Crippen LogP contribution in [0.2, 0.25) is 0 Å². The molecule has 104 valence electrons. The minimum atomic E-state index is 0.298. The summed E-state index contributed by atoms with van der Waals surface area (Å²) < 4.78 is 10.9. The van der Waals surface area contributed by atoms with Gasteiger partial charge in [-0.25, -0.2) is 4.98 Å². The zero-order valence-electron chi connectivity index (χ0n) is 11.0. The van der Waals surface area contributed by atoms with Crippen molar-refractivity contribution in [2.75, 3.05) is 30.7 Å². The van der Waals surface area contributed by atoms with Gasteiger partial charge in [-0.05, 0) is 35.9 Å². The van der Waals surface area contributed by atoms with Gasteiger partial charge in [0.15, 0.2) is 11.5 Å². The van der Waals surface area contributed by atoms with Gasteiger partial charge in [-0.15, -0.1) is 11.6 Å². The maximum absolute atomic E-state index is 5.97. The number of anilines is 1. The number of halogens is 1. The molecule has 1 saturated heterocycles. The van der Waals surface area contributed by atoms with Crippen LogP contribution >= 0.6 is 11.6 Å². The molecule has 1 atom stereocenters. The molecule has 0 aliphatic carbocycles. The van der Waals surface area contributed by atoms with Crippen molar-refractivity contribution in [1.82, 2.24) is 4.98 Å². The summed E-state index contributed by atoms with van der Waals surface area (Å²) in [6.07, 6.45) is 2.99. The number of hydrogen-bond acceptors (Lipinski definition) is 4. The summed E-state index contributed by atoms with van der Waals surface area (Å²) >= 11 is 5.97. The fourth-order valence-electron chi connectivity index (χ4n) is 2.95. The average Bonchev–Trinajstić information content (AvgIpc) is 3.12. The highest BCUT2D eigenvalue weighted by Gasteiger charge is 2.25. The van der Waals surface area contributed by atoms with Crippen LogP contribution in [0.5, 0.6) is 11.5 Å². The number of rotatable bonds is 2. The monoisotopic (exact) mass is 290 g/mol. The first-order valence-corrected chi connectivity index (χ1v) is 7.38. The Morgan fingerprint density at radius 3 is 2.95 bits per heavy atom. The number of fused-ring (bicyclic) bond motifs is 2. The SMILES string of the molecule is ClCC1CCN(c2nccc3cc4c(cc23)OCO4)C1. The van der Waals surface area contributed by atoms with Crippen molar-refractivity contribution in [2.24, 2.45) is 5.92 Å². The van der Waals surface area contributed by atoms with Crippen LogP contribution in [0.3, 0.4) is 0 Å². The van der Waals surface area contributed by atoms with Gasteiger partial charge in [0.1, 0.15) is 5.82 Å². The van der Waals surface area contributed by atoms with Gasteiger partial charge in [-0.1, -0.05) is 0 Å². The van der Waals surface area contributed by atoms with Crippen LogP contribution in [0.1, 0.15) is 6.42 Å². The number of pyridine rings is 1. The number of hydrogen-bond donors (Lipinski definition) is 0. The topological polar surface area (TPSA) is 34.6 Å². The van der Waals surface area contributed by atoms with Gasteiger partial charge < -0.3 is 14.4 Å². The lowest BCUT2D eigenvalue weighted by atomic mass is 10.1. The lowest BCUT2D eigenvalue weighted by Crippen LogP contribution is -2.21. The molecule has 20 heavy (non-hydrogen) atoms. The molecule has 0 saturated carbocycles. The van der Waals surface area contributed by atoms with Gasteiger partial charge in [0.05, 0.1) is 0 Å². The van der Waals surface area contributed by atoms with Gasteiger partial charge in [-0.2, -0.15) is 0 Å². The molecule has 3 heterocycles. The molecule has 1 aromatic carbocycles. The van der Waals surface area contributed by atoms with Crippen molar-refractivity contribution in [1.29, 1.82) is 0 Å². The predicted octanol–water partition coefficient (Wildman–Crippen LogP) is 3.03. The Hall–Kier alpha value is -1.68. The standard InChI is InChI=1S/C15H15ClN2O2/c16-7-10-2-4-18(8-10)15-12-6-14-13(19-9-20-14)5-11(12)1-3-17-15/h1,3,5-6,10H,2,4,7-9H2. The summed E-state index contributed by atoms with van der Waals surface area (Å²) in [4.78, 5) is 6.89. The lowest BCUT2D eigenvalue weighted by Gasteiger charge is -2.19. The first-order valence-electron chi connectivity index (χ1n) is 6.84. The van der Waals surface area contributed by atoms with Crippen LogP contribution in [0, 0.1) is 5.92 Å². The quantitative estimate of drug-likeness (QED) is 0.796. The van der Waals surface area contributed by atoms with Crippen molar-refractivity contribution < 1.29 is 9.47 Å². The molecule has 0 radical (unpaired) electrons. The third kappa shape index (κ3) is 1.86. The molecule has 0 spiro atoms. The fraction of sp³-hybridized carbons (Fsp3) is 0.400. The van der Waals surface area contributed by atoms with Crippen molar-refractivity contribution >= 4 is 28.2 Å². The van der Waals surface area contributed by atoms with Crippen LogP contribution in [0.25, 0.3) is 10.8 Å². The van der Waals surface area contributed by atoms with Crippen LogP contribution in [0.15, 0.2) is 24.4 Å². The zero-order valence-corrected chi connectivity index (χ0v) is 11.8. The van der Waals surface area contributed by atoms with E-state index in [1.54, 1.807) is 0 Å². The summed E-state index contributed by atoms with van der Waals surface area (Å²) in [7, 11) is 0. The van der Waals surface area contributed by atoms with E-state index in [0.29, 0.717) is 18.6 Å². The Labute approximate surface area is 122 Å².